The van der Waals surface area contributed by atoms with Crippen molar-refractivity contribution in [1.82, 2.24) is 0 Å². The van der Waals surface area contributed by atoms with Crippen LogP contribution in [0.15, 0.2) is 205 Å². The predicted molar refractivity (Wildman–Crippen MR) is 243 cm³/mol. The van der Waals surface area contributed by atoms with E-state index in [1.165, 1.54) is 75.8 Å². The summed E-state index contributed by atoms with van der Waals surface area (Å²) in [5.41, 5.74) is 17.5. The van der Waals surface area contributed by atoms with Crippen molar-refractivity contribution < 1.29 is 4.42 Å². The first-order chi connectivity index (χ1) is 28.8. The van der Waals surface area contributed by atoms with E-state index in [1.807, 2.05) is 17.4 Å². The van der Waals surface area contributed by atoms with Crippen LogP contribution in [0.4, 0.5) is 17.1 Å². The lowest BCUT2D eigenvalue weighted by Crippen LogP contribution is -2.26. The number of hydrogen-bond donors (Lipinski definition) is 0. The molecule has 2 nitrogen and oxygen atoms in total. The zero-order valence-corrected chi connectivity index (χ0v) is 32.1. The van der Waals surface area contributed by atoms with E-state index < -0.39 is 5.41 Å². The topological polar surface area (TPSA) is 16.4 Å². The van der Waals surface area contributed by atoms with Gasteiger partial charge >= 0.3 is 0 Å². The Morgan fingerprint density at radius 2 is 0.931 bits per heavy atom. The lowest BCUT2D eigenvalue weighted by atomic mass is 9.70. The number of rotatable bonds is 4. The number of thiophene rings is 1. The van der Waals surface area contributed by atoms with Crippen LogP contribution >= 0.6 is 11.3 Å². The molecule has 270 valence electrons. The molecule has 0 N–H and O–H groups in total. The van der Waals surface area contributed by atoms with Gasteiger partial charge in [-0.15, -0.1) is 11.3 Å². The van der Waals surface area contributed by atoms with E-state index in [-0.39, 0.29) is 0 Å². The highest BCUT2D eigenvalue weighted by Gasteiger charge is 2.52. The van der Waals surface area contributed by atoms with E-state index in [9.17, 15) is 0 Å². The van der Waals surface area contributed by atoms with Crippen LogP contribution in [0.5, 0.6) is 0 Å². The number of hydrogen-bond acceptors (Lipinski definition) is 3. The van der Waals surface area contributed by atoms with E-state index in [0.717, 1.165) is 39.0 Å². The SMILES string of the molecule is c1ccc(N(c2ccc3oc4ccccc4c3c2)c2cccc3c2-c2ccccc2C32c3ccccc3-c3ccccc32)c(-c2cccc3sc4ccccc4c23)c1. The Balaban J connectivity index is 1.15. The Hall–Kier alpha value is -7.20. The zero-order chi connectivity index (χ0) is 38.0. The first-order valence-electron chi connectivity index (χ1n) is 19.9. The van der Waals surface area contributed by atoms with E-state index in [1.54, 1.807) is 0 Å². The highest BCUT2D eigenvalue weighted by molar-refractivity contribution is 7.25. The highest BCUT2D eigenvalue weighted by atomic mass is 32.1. The van der Waals surface area contributed by atoms with Crippen LogP contribution in [-0.4, -0.2) is 0 Å². The van der Waals surface area contributed by atoms with Gasteiger partial charge in [0.25, 0.3) is 0 Å². The van der Waals surface area contributed by atoms with Gasteiger partial charge in [-0.25, -0.2) is 0 Å². The smallest absolute Gasteiger partial charge is 0.135 e. The average Bonchev–Trinajstić information content (AvgIpc) is 4.02. The third-order valence-electron chi connectivity index (χ3n) is 12.7. The first kappa shape index (κ1) is 31.9. The molecule has 2 heterocycles. The van der Waals surface area contributed by atoms with Crippen molar-refractivity contribution in [2.75, 3.05) is 4.90 Å². The molecule has 3 heteroatoms. The van der Waals surface area contributed by atoms with Crippen LogP contribution in [0.3, 0.4) is 0 Å². The Morgan fingerprint density at radius 3 is 1.74 bits per heavy atom. The van der Waals surface area contributed by atoms with Crippen LogP contribution < -0.4 is 4.90 Å². The third-order valence-corrected chi connectivity index (χ3v) is 13.8. The summed E-state index contributed by atoms with van der Waals surface area (Å²) in [4.78, 5) is 2.52. The lowest BCUT2D eigenvalue weighted by Gasteiger charge is -2.32. The van der Waals surface area contributed by atoms with Gasteiger partial charge in [0.2, 0.25) is 0 Å². The number of nitrogens with zero attached hydrogens (tertiary/aromatic N) is 1. The van der Waals surface area contributed by atoms with E-state index in [4.69, 9.17) is 4.42 Å². The second-order valence-electron chi connectivity index (χ2n) is 15.5. The molecule has 13 rings (SSSR count). The molecule has 0 unspecified atom stereocenters. The summed E-state index contributed by atoms with van der Waals surface area (Å²) in [7, 11) is 0. The molecule has 0 amide bonds. The summed E-state index contributed by atoms with van der Waals surface area (Å²) in [5.74, 6) is 0. The number of anilines is 3. The van der Waals surface area contributed by atoms with Gasteiger partial charge in [-0.2, -0.15) is 0 Å². The molecule has 0 fully saturated rings. The zero-order valence-electron chi connectivity index (χ0n) is 31.3. The molecule has 9 aromatic carbocycles. The number of fused-ring (bicyclic) bond motifs is 16. The summed E-state index contributed by atoms with van der Waals surface area (Å²) in [6, 6.07) is 73.8. The molecule has 2 aliphatic rings. The molecular formula is C55H33NOS. The minimum Gasteiger partial charge on any atom is -0.456 e. The fourth-order valence-corrected chi connectivity index (χ4v) is 11.6. The predicted octanol–water partition coefficient (Wildman–Crippen LogP) is 15.4. The molecule has 1 spiro atoms. The van der Waals surface area contributed by atoms with Gasteiger partial charge in [0.15, 0.2) is 0 Å². The molecule has 11 aromatic rings. The van der Waals surface area contributed by atoms with Crippen molar-refractivity contribution in [2.45, 2.75) is 5.41 Å². The highest BCUT2D eigenvalue weighted by Crippen LogP contribution is 2.65. The molecule has 0 atom stereocenters. The second kappa shape index (κ2) is 11.9. The Morgan fingerprint density at radius 1 is 0.379 bits per heavy atom. The largest absolute Gasteiger partial charge is 0.456 e. The second-order valence-corrected chi connectivity index (χ2v) is 16.6. The molecule has 2 aliphatic carbocycles. The third kappa shape index (κ3) is 4.16. The van der Waals surface area contributed by atoms with Gasteiger partial charge in [0, 0.05) is 47.8 Å². The van der Waals surface area contributed by atoms with Crippen LogP contribution in [0.25, 0.3) is 75.5 Å². The molecule has 0 aliphatic heterocycles. The fraction of sp³-hybridized carbons (Fsp3) is 0.0182. The van der Waals surface area contributed by atoms with Gasteiger partial charge in [0.05, 0.1) is 16.8 Å². The maximum absolute atomic E-state index is 6.40. The molecular weight excluding hydrogens is 723 g/mol. The normalized spacial score (nSPS) is 13.3. The van der Waals surface area contributed by atoms with E-state index >= 15 is 0 Å². The number of para-hydroxylation sites is 2. The van der Waals surface area contributed by atoms with Crippen LogP contribution in [0.1, 0.15) is 22.3 Å². The maximum Gasteiger partial charge on any atom is 0.135 e. The molecule has 2 aromatic heterocycles. The van der Waals surface area contributed by atoms with Crippen molar-refractivity contribution in [2.24, 2.45) is 0 Å². The lowest BCUT2D eigenvalue weighted by molar-refractivity contribution is 0.669. The summed E-state index contributed by atoms with van der Waals surface area (Å²) in [5, 5.41) is 4.81. The summed E-state index contributed by atoms with van der Waals surface area (Å²) in [6.07, 6.45) is 0. The van der Waals surface area contributed by atoms with Gasteiger partial charge in [-0.1, -0.05) is 152 Å². The van der Waals surface area contributed by atoms with Crippen LogP contribution in [-0.2, 0) is 5.41 Å². The van der Waals surface area contributed by atoms with Crippen LogP contribution in [0, 0.1) is 0 Å². The average molecular weight is 756 g/mol. The van der Waals surface area contributed by atoms with E-state index in [0.29, 0.717) is 0 Å². The van der Waals surface area contributed by atoms with Crippen molar-refractivity contribution in [1.29, 1.82) is 0 Å². The molecule has 58 heavy (non-hydrogen) atoms. The van der Waals surface area contributed by atoms with Crippen molar-refractivity contribution in [3.63, 3.8) is 0 Å². The fourth-order valence-electron chi connectivity index (χ4n) is 10.5. The van der Waals surface area contributed by atoms with E-state index in [2.05, 4.69) is 199 Å². The minimum atomic E-state index is -0.452. The first-order valence-corrected chi connectivity index (χ1v) is 20.7. The Bertz CT molecular complexity index is 3450. The van der Waals surface area contributed by atoms with Crippen molar-refractivity contribution in [3.05, 3.63) is 222 Å². The van der Waals surface area contributed by atoms with Crippen LogP contribution in [0.2, 0.25) is 0 Å². The molecule has 0 bridgehead atoms. The van der Waals surface area contributed by atoms with Crippen molar-refractivity contribution >= 4 is 70.5 Å². The maximum atomic E-state index is 6.40. The minimum absolute atomic E-state index is 0.452. The van der Waals surface area contributed by atoms with Gasteiger partial charge < -0.3 is 9.32 Å². The van der Waals surface area contributed by atoms with Gasteiger partial charge in [0.1, 0.15) is 11.2 Å². The Kier molecular flexibility index (Phi) is 6.56. The summed E-state index contributed by atoms with van der Waals surface area (Å²) in [6.45, 7) is 0. The van der Waals surface area contributed by atoms with Gasteiger partial charge in [-0.3, -0.25) is 0 Å². The molecule has 0 saturated carbocycles. The standard InChI is InChI=1S/C55H33NOS/c1-7-22-43-35(15-1)36-16-2-8-23-44(36)55(43)45-24-9-3-19-40(45)54-46(55)25-14-27-48(54)56(34-31-32-50-42(33-34)38-18-5-11-28-49(38)57-50)47-26-10-4-17-37(47)39-21-13-30-52-53(39)41-20-6-12-29-51(41)58-52/h1-33H. The summed E-state index contributed by atoms with van der Waals surface area (Å²) >= 11 is 1.87. The Labute approximate surface area is 339 Å². The quantitative estimate of drug-likeness (QED) is 0.178. The number of furan rings is 1. The molecule has 0 saturated heterocycles. The van der Waals surface area contributed by atoms with Gasteiger partial charge in [-0.05, 0) is 93.0 Å². The number of benzene rings is 9. The summed E-state index contributed by atoms with van der Waals surface area (Å²) < 4.78 is 9.00. The monoisotopic (exact) mass is 755 g/mol. The molecule has 0 radical (unpaired) electrons. The van der Waals surface area contributed by atoms with Crippen molar-refractivity contribution in [3.8, 4) is 33.4 Å².